The lowest BCUT2D eigenvalue weighted by atomic mass is 10.3. The zero-order valence-corrected chi connectivity index (χ0v) is 10.9. The van der Waals surface area contributed by atoms with Crippen LogP contribution in [0.4, 0.5) is 0 Å². The summed E-state index contributed by atoms with van der Waals surface area (Å²) in [5, 5.41) is 1.41. The van der Waals surface area contributed by atoms with Crippen molar-refractivity contribution in [1.29, 1.82) is 0 Å². The van der Waals surface area contributed by atoms with Crippen molar-refractivity contribution >= 4 is 22.8 Å². The third-order valence-corrected chi connectivity index (χ3v) is 3.61. The van der Waals surface area contributed by atoms with Gasteiger partial charge in [0.25, 0.3) is 0 Å². The Balaban J connectivity index is 2.19. The zero-order chi connectivity index (χ0) is 12.3. The van der Waals surface area contributed by atoms with Gasteiger partial charge in [0.05, 0.1) is 18.1 Å². The van der Waals surface area contributed by atoms with Crippen LogP contribution in [0.5, 0.6) is 5.75 Å². The van der Waals surface area contributed by atoms with Crippen LogP contribution in [0.3, 0.4) is 0 Å². The molecule has 0 saturated heterocycles. The molecule has 0 aliphatic rings. The second-order valence-corrected chi connectivity index (χ2v) is 5.36. The van der Waals surface area contributed by atoms with E-state index in [1.54, 1.807) is 18.9 Å². The Labute approximate surface area is 105 Å². The van der Waals surface area contributed by atoms with Gasteiger partial charge in [-0.25, -0.2) is 4.98 Å². The number of aromatic amines is 1. The Morgan fingerprint density at radius 3 is 3.06 bits per heavy atom. The minimum atomic E-state index is 0.474. The molecule has 1 atom stereocenters. The van der Waals surface area contributed by atoms with Crippen molar-refractivity contribution < 1.29 is 4.74 Å². The average Bonchev–Trinajstić information content (AvgIpc) is 2.69. The molecule has 1 unspecified atom stereocenters. The number of nitrogens with zero attached hydrogens (tertiary/aromatic N) is 1. The van der Waals surface area contributed by atoms with E-state index in [9.17, 15) is 0 Å². The van der Waals surface area contributed by atoms with Gasteiger partial charge in [-0.3, -0.25) is 0 Å². The molecule has 0 radical (unpaired) electrons. The smallest absolute Gasteiger partial charge is 0.166 e. The summed E-state index contributed by atoms with van der Waals surface area (Å²) < 4.78 is 5.18. The molecular weight excluding hydrogens is 234 g/mol. The topological polar surface area (TPSA) is 63.9 Å². The second kappa shape index (κ2) is 5.42. The van der Waals surface area contributed by atoms with E-state index >= 15 is 0 Å². The summed E-state index contributed by atoms with van der Waals surface area (Å²) in [4.78, 5) is 7.81. The lowest BCUT2D eigenvalue weighted by molar-refractivity contribution is 0.415. The molecule has 0 spiro atoms. The predicted octanol–water partition coefficient (Wildman–Crippen LogP) is 2.40. The largest absolute Gasteiger partial charge is 0.497 e. The fourth-order valence-electron chi connectivity index (χ4n) is 1.63. The molecule has 0 bridgehead atoms. The van der Waals surface area contributed by atoms with Crippen molar-refractivity contribution in [2.75, 3.05) is 13.7 Å². The molecule has 92 valence electrons. The van der Waals surface area contributed by atoms with Gasteiger partial charge in [0, 0.05) is 11.3 Å². The van der Waals surface area contributed by atoms with Gasteiger partial charge in [0.2, 0.25) is 0 Å². The molecule has 0 aliphatic heterocycles. The summed E-state index contributed by atoms with van der Waals surface area (Å²) in [6, 6.07) is 5.84. The molecule has 17 heavy (non-hydrogen) atoms. The van der Waals surface area contributed by atoms with Gasteiger partial charge in [0.1, 0.15) is 5.75 Å². The molecule has 3 N–H and O–H groups in total. The molecule has 0 saturated carbocycles. The van der Waals surface area contributed by atoms with Gasteiger partial charge < -0.3 is 15.5 Å². The number of hydrogen-bond donors (Lipinski definition) is 2. The van der Waals surface area contributed by atoms with Crippen LogP contribution in [0.25, 0.3) is 11.0 Å². The summed E-state index contributed by atoms with van der Waals surface area (Å²) in [7, 11) is 1.66. The van der Waals surface area contributed by atoms with Crippen molar-refractivity contribution in [3.05, 3.63) is 18.2 Å². The number of ether oxygens (including phenoxy) is 1. The number of aromatic nitrogens is 2. The summed E-state index contributed by atoms with van der Waals surface area (Å²) in [5.74, 6) is 0.840. The van der Waals surface area contributed by atoms with Crippen molar-refractivity contribution in [3.63, 3.8) is 0 Å². The standard InChI is InChI=1S/C12H17N3OS/c1-8(5-6-13)17-12-14-10-4-3-9(16-2)7-11(10)15-12/h3-4,7-8H,5-6,13H2,1-2H3,(H,14,15). The molecular formula is C12H17N3OS. The van der Waals surface area contributed by atoms with Gasteiger partial charge in [0.15, 0.2) is 5.16 Å². The first kappa shape index (κ1) is 12.3. The second-order valence-electron chi connectivity index (χ2n) is 3.93. The quantitative estimate of drug-likeness (QED) is 0.801. The van der Waals surface area contributed by atoms with E-state index in [1.165, 1.54) is 0 Å². The number of H-pyrrole nitrogens is 1. The maximum absolute atomic E-state index is 5.54. The molecule has 2 rings (SSSR count). The molecule has 2 aromatic rings. The lowest BCUT2D eigenvalue weighted by Gasteiger charge is -2.05. The number of hydrogen-bond acceptors (Lipinski definition) is 4. The van der Waals surface area contributed by atoms with Crippen LogP contribution in [0.1, 0.15) is 13.3 Å². The van der Waals surface area contributed by atoms with Crippen LogP contribution in [-0.2, 0) is 0 Å². The van der Waals surface area contributed by atoms with Gasteiger partial charge in [-0.05, 0) is 25.1 Å². The zero-order valence-electron chi connectivity index (χ0n) is 10.1. The van der Waals surface area contributed by atoms with Crippen LogP contribution in [-0.4, -0.2) is 28.9 Å². The van der Waals surface area contributed by atoms with Gasteiger partial charge in [-0.15, -0.1) is 0 Å². The van der Waals surface area contributed by atoms with Crippen molar-refractivity contribution in [2.45, 2.75) is 23.8 Å². The fourth-order valence-corrected chi connectivity index (χ4v) is 2.59. The van der Waals surface area contributed by atoms with Crippen LogP contribution < -0.4 is 10.5 Å². The van der Waals surface area contributed by atoms with Gasteiger partial charge >= 0.3 is 0 Å². The highest BCUT2D eigenvalue weighted by Crippen LogP contribution is 2.26. The molecule has 0 fully saturated rings. The highest BCUT2D eigenvalue weighted by atomic mass is 32.2. The molecule has 4 nitrogen and oxygen atoms in total. The normalized spacial score (nSPS) is 12.9. The first-order valence-corrected chi connectivity index (χ1v) is 6.51. The number of imidazole rings is 1. The number of rotatable bonds is 5. The van der Waals surface area contributed by atoms with E-state index in [-0.39, 0.29) is 0 Å². The minimum Gasteiger partial charge on any atom is -0.497 e. The highest BCUT2D eigenvalue weighted by molar-refractivity contribution is 7.99. The fraction of sp³-hybridized carbons (Fsp3) is 0.417. The molecule has 1 aromatic carbocycles. The maximum Gasteiger partial charge on any atom is 0.166 e. The monoisotopic (exact) mass is 251 g/mol. The number of methoxy groups -OCH3 is 1. The first-order valence-electron chi connectivity index (χ1n) is 5.63. The van der Waals surface area contributed by atoms with Crippen LogP contribution in [0.2, 0.25) is 0 Å². The van der Waals surface area contributed by atoms with Crippen LogP contribution in [0.15, 0.2) is 23.4 Å². The summed E-state index contributed by atoms with van der Waals surface area (Å²) in [6.07, 6.45) is 0.991. The maximum atomic E-state index is 5.54. The highest BCUT2D eigenvalue weighted by Gasteiger charge is 2.08. The molecule has 0 aliphatic carbocycles. The minimum absolute atomic E-state index is 0.474. The number of thioether (sulfide) groups is 1. The SMILES string of the molecule is COc1ccc2nc(SC(C)CCN)[nH]c2c1. The summed E-state index contributed by atoms with van der Waals surface area (Å²) in [5.41, 5.74) is 7.51. The van der Waals surface area contributed by atoms with E-state index in [0.29, 0.717) is 11.8 Å². The predicted molar refractivity (Wildman–Crippen MR) is 71.6 cm³/mol. The van der Waals surface area contributed by atoms with Crippen molar-refractivity contribution in [1.82, 2.24) is 9.97 Å². The Bertz CT molecular complexity index is 497. The summed E-state index contributed by atoms with van der Waals surface area (Å²) in [6.45, 7) is 2.87. The average molecular weight is 251 g/mol. The first-order chi connectivity index (χ1) is 8.22. The Morgan fingerprint density at radius 1 is 1.53 bits per heavy atom. The van der Waals surface area contributed by atoms with Crippen molar-refractivity contribution in [2.24, 2.45) is 5.73 Å². The molecule has 5 heteroatoms. The van der Waals surface area contributed by atoms with Crippen LogP contribution in [0, 0.1) is 0 Å². The molecule has 0 amide bonds. The Morgan fingerprint density at radius 2 is 2.35 bits per heavy atom. The van der Waals surface area contributed by atoms with Crippen LogP contribution >= 0.6 is 11.8 Å². The lowest BCUT2D eigenvalue weighted by Crippen LogP contribution is -2.06. The van der Waals surface area contributed by atoms with E-state index in [4.69, 9.17) is 10.5 Å². The molecule has 1 heterocycles. The van der Waals surface area contributed by atoms with Gasteiger partial charge in [-0.1, -0.05) is 18.7 Å². The molecule has 1 aromatic heterocycles. The van der Waals surface area contributed by atoms with E-state index in [1.807, 2.05) is 18.2 Å². The van der Waals surface area contributed by atoms with E-state index < -0.39 is 0 Å². The number of nitrogens with one attached hydrogen (secondary N) is 1. The summed E-state index contributed by atoms with van der Waals surface area (Å²) >= 11 is 1.72. The van der Waals surface area contributed by atoms with Gasteiger partial charge in [-0.2, -0.15) is 0 Å². The Hall–Kier alpha value is -1.20. The van der Waals surface area contributed by atoms with E-state index in [2.05, 4.69) is 16.9 Å². The third-order valence-electron chi connectivity index (χ3n) is 2.55. The Kier molecular flexibility index (Phi) is 3.91. The number of fused-ring (bicyclic) bond motifs is 1. The number of benzene rings is 1. The van der Waals surface area contributed by atoms with Crippen molar-refractivity contribution in [3.8, 4) is 5.75 Å². The van der Waals surface area contributed by atoms with E-state index in [0.717, 1.165) is 28.4 Å². The number of nitrogens with two attached hydrogens (primary N) is 1. The third kappa shape index (κ3) is 2.92.